The van der Waals surface area contributed by atoms with Gasteiger partial charge in [0.25, 0.3) is 11.5 Å². The number of piperidine rings is 1. The molecule has 1 aliphatic rings. The van der Waals surface area contributed by atoms with Gasteiger partial charge in [0.2, 0.25) is 0 Å². The maximum Gasteiger partial charge on any atom is 0.328 e. The Labute approximate surface area is 136 Å². The zero-order valence-electron chi connectivity index (χ0n) is 13.4. The van der Waals surface area contributed by atoms with Crippen LogP contribution in [0.25, 0.3) is 0 Å². The number of aliphatic hydroxyl groups is 1. The number of amides is 1. The number of nitrogens with one attached hydrogen (secondary N) is 1. The highest BCUT2D eigenvalue weighted by molar-refractivity contribution is 5.93. The second-order valence-corrected chi connectivity index (χ2v) is 6.16. The van der Waals surface area contributed by atoms with E-state index >= 15 is 0 Å². The van der Waals surface area contributed by atoms with Crippen molar-refractivity contribution >= 4 is 5.91 Å². The summed E-state index contributed by atoms with van der Waals surface area (Å²) in [5.74, 6) is 0.0902. The third-order valence-electron chi connectivity index (χ3n) is 4.32. The second-order valence-electron chi connectivity index (χ2n) is 6.16. The summed E-state index contributed by atoms with van der Waals surface area (Å²) in [7, 11) is 0. The summed E-state index contributed by atoms with van der Waals surface area (Å²) in [5.41, 5.74) is -2.21. The van der Waals surface area contributed by atoms with Gasteiger partial charge in [-0.2, -0.15) is 0 Å². The molecule has 1 amide bonds. The number of H-pyrrole nitrogens is 1. The summed E-state index contributed by atoms with van der Waals surface area (Å²) in [5, 5.41) is 10.8. The predicted octanol–water partition coefficient (Wildman–Crippen LogP) is -0.329. The van der Waals surface area contributed by atoms with Crippen molar-refractivity contribution in [2.45, 2.75) is 31.9 Å². The van der Waals surface area contributed by atoms with Gasteiger partial charge in [-0.25, -0.2) is 9.78 Å². The number of oxazole rings is 1. The Morgan fingerprint density at radius 3 is 2.83 bits per heavy atom. The second kappa shape index (κ2) is 5.75. The number of aromatic amines is 1. The Morgan fingerprint density at radius 2 is 2.25 bits per heavy atom. The molecule has 0 saturated carbocycles. The number of likely N-dealkylation sites (tertiary alicyclic amines) is 1. The maximum atomic E-state index is 12.5. The summed E-state index contributed by atoms with van der Waals surface area (Å²) in [6, 6.07) is 0.678. The van der Waals surface area contributed by atoms with Crippen LogP contribution in [0.5, 0.6) is 0 Å². The van der Waals surface area contributed by atoms with Gasteiger partial charge in [0.15, 0.2) is 12.1 Å². The van der Waals surface area contributed by atoms with Crippen LogP contribution in [-0.4, -0.2) is 49.1 Å². The van der Waals surface area contributed by atoms with Crippen LogP contribution in [0.3, 0.4) is 0 Å². The van der Waals surface area contributed by atoms with E-state index in [0.29, 0.717) is 18.7 Å². The molecule has 3 rings (SSSR count). The molecule has 0 aliphatic carbocycles. The Morgan fingerprint density at radius 1 is 1.50 bits per heavy atom. The van der Waals surface area contributed by atoms with Crippen molar-refractivity contribution in [2.75, 3.05) is 13.1 Å². The molecule has 2 aromatic rings. The summed E-state index contributed by atoms with van der Waals surface area (Å²) in [4.78, 5) is 43.2. The number of carbonyl (C=O) groups excluding carboxylic acids is 1. The zero-order chi connectivity index (χ0) is 17.5. The molecule has 0 unspecified atom stereocenters. The summed E-state index contributed by atoms with van der Waals surface area (Å²) in [6.07, 6.45) is 2.93. The number of hydrogen-bond donors (Lipinski definition) is 2. The lowest BCUT2D eigenvalue weighted by atomic mass is 9.88. The molecule has 3 heterocycles. The fourth-order valence-electron chi connectivity index (χ4n) is 3.11. The molecule has 2 N–H and O–H groups in total. The van der Waals surface area contributed by atoms with Crippen molar-refractivity contribution in [3.05, 3.63) is 50.9 Å². The van der Waals surface area contributed by atoms with Crippen molar-refractivity contribution in [2.24, 2.45) is 0 Å². The van der Waals surface area contributed by atoms with Crippen LogP contribution in [0.15, 0.2) is 32.7 Å². The maximum absolute atomic E-state index is 12.5. The topological polar surface area (TPSA) is 121 Å². The van der Waals surface area contributed by atoms with Gasteiger partial charge in [-0.15, -0.1) is 0 Å². The zero-order valence-corrected chi connectivity index (χ0v) is 13.4. The first-order chi connectivity index (χ1) is 11.3. The molecule has 0 aromatic carbocycles. The average molecular weight is 334 g/mol. The van der Waals surface area contributed by atoms with Crippen LogP contribution in [-0.2, 0) is 0 Å². The van der Waals surface area contributed by atoms with E-state index in [1.54, 1.807) is 13.8 Å². The summed E-state index contributed by atoms with van der Waals surface area (Å²) in [6.45, 7) is 3.58. The summed E-state index contributed by atoms with van der Waals surface area (Å²) >= 11 is 0. The van der Waals surface area contributed by atoms with Crippen molar-refractivity contribution in [3.8, 4) is 0 Å². The van der Waals surface area contributed by atoms with Crippen LogP contribution < -0.4 is 11.2 Å². The van der Waals surface area contributed by atoms with Gasteiger partial charge in [0.05, 0.1) is 12.6 Å². The Hall–Kier alpha value is -2.68. The van der Waals surface area contributed by atoms with Gasteiger partial charge < -0.3 is 14.4 Å². The first-order valence-corrected chi connectivity index (χ1v) is 7.53. The van der Waals surface area contributed by atoms with Crippen LogP contribution in [0, 0.1) is 6.92 Å². The van der Waals surface area contributed by atoms with E-state index in [2.05, 4.69) is 9.97 Å². The third-order valence-corrected chi connectivity index (χ3v) is 4.32. The minimum Gasteiger partial charge on any atom is -0.448 e. The number of aromatic nitrogens is 3. The number of β-amino-alcohol motifs (C(OH)–C–C–N with tert-alkyl or cyclic N) is 1. The van der Waals surface area contributed by atoms with Crippen molar-refractivity contribution in [1.82, 2.24) is 19.4 Å². The van der Waals surface area contributed by atoms with Gasteiger partial charge in [0.1, 0.15) is 11.4 Å². The van der Waals surface area contributed by atoms with E-state index in [0.717, 1.165) is 0 Å². The van der Waals surface area contributed by atoms with Crippen molar-refractivity contribution in [3.63, 3.8) is 0 Å². The molecular weight excluding hydrogens is 316 g/mol. The average Bonchev–Trinajstić information content (AvgIpc) is 2.92. The minimum absolute atomic E-state index is 0.0361. The lowest BCUT2D eigenvalue weighted by molar-refractivity contribution is -0.0505. The molecule has 2 atom stereocenters. The van der Waals surface area contributed by atoms with Crippen LogP contribution in [0.1, 0.15) is 35.6 Å². The lowest BCUT2D eigenvalue weighted by Crippen LogP contribution is -2.56. The van der Waals surface area contributed by atoms with Crippen molar-refractivity contribution < 1.29 is 14.3 Å². The Bertz CT molecular complexity index is 878. The Balaban J connectivity index is 1.85. The van der Waals surface area contributed by atoms with E-state index in [-0.39, 0.29) is 18.1 Å². The summed E-state index contributed by atoms with van der Waals surface area (Å²) < 4.78 is 6.34. The molecule has 128 valence electrons. The van der Waals surface area contributed by atoms with E-state index < -0.39 is 22.9 Å². The normalized spacial score (nSPS) is 24.1. The molecule has 1 fully saturated rings. The van der Waals surface area contributed by atoms with E-state index in [9.17, 15) is 19.5 Å². The minimum atomic E-state index is -1.34. The Kier molecular flexibility index (Phi) is 3.88. The highest BCUT2D eigenvalue weighted by atomic mass is 16.3. The van der Waals surface area contributed by atoms with Gasteiger partial charge in [-0.1, -0.05) is 0 Å². The highest BCUT2D eigenvalue weighted by Crippen LogP contribution is 2.31. The molecule has 1 aliphatic heterocycles. The molecule has 9 nitrogen and oxygen atoms in total. The molecule has 0 radical (unpaired) electrons. The van der Waals surface area contributed by atoms with Gasteiger partial charge in [-0.3, -0.25) is 19.1 Å². The van der Waals surface area contributed by atoms with E-state index in [1.165, 1.54) is 28.1 Å². The fourth-order valence-corrected chi connectivity index (χ4v) is 3.11. The standard InChI is InChI=1S/C15H18N4O5/c1-9-12(16-8-24-9)13(21)18-5-3-10(15(2,23)7-18)19-6-4-11(20)17-14(19)22/h4,6,8,10,23H,3,5,7H2,1-2H3,(H,17,20,22)/t10-,15-/m1/s1. The van der Waals surface area contributed by atoms with Gasteiger partial charge in [0, 0.05) is 18.8 Å². The van der Waals surface area contributed by atoms with Crippen LogP contribution in [0.4, 0.5) is 0 Å². The quantitative estimate of drug-likeness (QED) is 0.776. The third kappa shape index (κ3) is 2.78. The number of hydrogen-bond acceptors (Lipinski definition) is 6. The highest BCUT2D eigenvalue weighted by Gasteiger charge is 2.41. The number of aryl methyl sites for hydroxylation is 1. The van der Waals surface area contributed by atoms with Gasteiger partial charge in [-0.05, 0) is 20.3 Å². The molecule has 2 aromatic heterocycles. The fraction of sp³-hybridized carbons (Fsp3) is 0.467. The lowest BCUT2D eigenvalue weighted by Gasteiger charge is -2.43. The molecule has 24 heavy (non-hydrogen) atoms. The first-order valence-electron chi connectivity index (χ1n) is 7.53. The largest absolute Gasteiger partial charge is 0.448 e. The SMILES string of the molecule is Cc1ocnc1C(=O)N1CC[C@@H](n2ccc(=O)[nH]c2=O)[C@](C)(O)C1. The van der Waals surface area contributed by atoms with Gasteiger partial charge >= 0.3 is 5.69 Å². The monoisotopic (exact) mass is 334 g/mol. The number of rotatable bonds is 2. The number of carbonyl (C=O) groups is 1. The molecular formula is C15H18N4O5. The molecule has 9 heteroatoms. The first kappa shape index (κ1) is 16.2. The van der Waals surface area contributed by atoms with Crippen LogP contribution in [0.2, 0.25) is 0 Å². The van der Waals surface area contributed by atoms with Crippen molar-refractivity contribution in [1.29, 1.82) is 0 Å². The molecule has 1 saturated heterocycles. The molecule has 0 spiro atoms. The predicted molar refractivity (Wildman–Crippen MR) is 82.7 cm³/mol. The van der Waals surface area contributed by atoms with E-state index in [4.69, 9.17) is 4.42 Å². The van der Waals surface area contributed by atoms with Crippen LogP contribution >= 0.6 is 0 Å². The molecule has 0 bridgehead atoms. The van der Waals surface area contributed by atoms with E-state index in [1.807, 2.05) is 0 Å². The smallest absolute Gasteiger partial charge is 0.328 e. The number of nitrogens with zero attached hydrogens (tertiary/aromatic N) is 3.